The highest BCUT2D eigenvalue weighted by atomic mass is 16.4. The van der Waals surface area contributed by atoms with Gasteiger partial charge in [-0.1, -0.05) is 48.5 Å². The Balaban J connectivity index is 1.90. The Morgan fingerprint density at radius 3 is 2.40 bits per heavy atom. The van der Waals surface area contributed by atoms with Crippen molar-refractivity contribution in [2.24, 2.45) is 0 Å². The second-order valence-electron chi connectivity index (χ2n) is 5.78. The zero-order valence-corrected chi connectivity index (χ0v) is 13.2. The van der Waals surface area contributed by atoms with Gasteiger partial charge in [0.15, 0.2) is 5.78 Å². The molecule has 0 aliphatic carbocycles. The van der Waals surface area contributed by atoms with Gasteiger partial charge in [-0.2, -0.15) is 0 Å². The molecule has 0 atom stereocenters. The molecule has 0 fully saturated rings. The first-order chi connectivity index (χ1) is 12.1. The summed E-state index contributed by atoms with van der Waals surface area (Å²) in [6.07, 6.45) is 1.52. The number of Topliss-reactive ketones (excluding diaryl/α,β-unsaturated/α-hetero) is 1. The number of carboxylic acids is 1. The van der Waals surface area contributed by atoms with Crippen LogP contribution in [0, 0.1) is 0 Å². The monoisotopic (exact) mass is 330 g/mol. The third-order valence-electron chi connectivity index (χ3n) is 4.28. The second kappa shape index (κ2) is 5.87. The number of aromatic carboxylic acids is 1. The summed E-state index contributed by atoms with van der Waals surface area (Å²) in [6.45, 7) is 0.169. The van der Waals surface area contributed by atoms with Crippen molar-refractivity contribution < 1.29 is 14.7 Å². The van der Waals surface area contributed by atoms with Crippen LogP contribution in [0.15, 0.2) is 66.9 Å². The van der Waals surface area contributed by atoms with Gasteiger partial charge in [-0.05, 0) is 12.1 Å². The van der Waals surface area contributed by atoms with Crippen molar-refractivity contribution in [2.45, 2.75) is 6.54 Å². The molecule has 2 aromatic carbocycles. The molecule has 4 aromatic rings. The number of aromatic nitrogens is 2. The molecular formula is C20H14N2O3. The largest absolute Gasteiger partial charge is 0.477 e. The number of carbonyl (C=O) groups is 2. The van der Waals surface area contributed by atoms with Crippen LogP contribution in [0.2, 0.25) is 0 Å². The van der Waals surface area contributed by atoms with Crippen LogP contribution >= 0.6 is 0 Å². The van der Waals surface area contributed by atoms with Gasteiger partial charge in [0.25, 0.3) is 0 Å². The number of para-hydroxylation sites is 1. The van der Waals surface area contributed by atoms with E-state index in [4.69, 9.17) is 0 Å². The average Bonchev–Trinajstić information content (AvgIpc) is 2.96. The van der Waals surface area contributed by atoms with Crippen molar-refractivity contribution >= 4 is 33.6 Å². The van der Waals surface area contributed by atoms with Gasteiger partial charge >= 0.3 is 5.97 Å². The molecule has 1 N–H and O–H groups in total. The van der Waals surface area contributed by atoms with E-state index in [-0.39, 0.29) is 18.0 Å². The van der Waals surface area contributed by atoms with Crippen molar-refractivity contribution in [3.8, 4) is 0 Å². The predicted molar refractivity (Wildman–Crippen MR) is 95.0 cm³/mol. The second-order valence-corrected chi connectivity index (χ2v) is 5.78. The predicted octanol–water partition coefficient (Wildman–Crippen LogP) is 3.77. The SMILES string of the molecule is O=C(Cn1c2ccccc2c2cc(C(=O)O)ncc21)c1ccccc1. The zero-order valence-electron chi connectivity index (χ0n) is 13.2. The number of carboxylic acid groups (broad SMARTS) is 1. The molecule has 0 saturated carbocycles. The number of carbonyl (C=O) groups excluding carboxylic acids is 1. The van der Waals surface area contributed by atoms with Gasteiger partial charge in [0.05, 0.1) is 18.3 Å². The molecule has 25 heavy (non-hydrogen) atoms. The Kier molecular flexibility index (Phi) is 3.54. The van der Waals surface area contributed by atoms with Crippen LogP contribution < -0.4 is 0 Å². The first-order valence-corrected chi connectivity index (χ1v) is 7.83. The Morgan fingerprint density at radius 2 is 1.64 bits per heavy atom. The lowest BCUT2D eigenvalue weighted by Gasteiger charge is -2.07. The summed E-state index contributed by atoms with van der Waals surface area (Å²) in [4.78, 5) is 27.9. The highest BCUT2D eigenvalue weighted by Crippen LogP contribution is 2.29. The number of benzene rings is 2. The fourth-order valence-corrected chi connectivity index (χ4v) is 3.09. The Morgan fingerprint density at radius 1 is 0.920 bits per heavy atom. The van der Waals surface area contributed by atoms with Gasteiger partial charge in [0.1, 0.15) is 5.69 Å². The lowest BCUT2D eigenvalue weighted by molar-refractivity contribution is 0.0690. The van der Waals surface area contributed by atoms with E-state index in [0.717, 1.165) is 21.8 Å². The van der Waals surface area contributed by atoms with Crippen LogP contribution in [-0.2, 0) is 6.54 Å². The maximum atomic E-state index is 12.6. The van der Waals surface area contributed by atoms with Crippen LogP contribution in [0.5, 0.6) is 0 Å². The number of fused-ring (bicyclic) bond motifs is 3. The topological polar surface area (TPSA) is 72.2 Å². The highest BCUT2D eigenvalue weighted by molar-refractivity contribution is 6.10. The number of ketones is 1. The van der Waals surface area contributed by atoms with Crippen LogP contribution in [0.25, 0.3) is 21.8 Å². The summed E-state index contributed by atoms with van der Waals surface area (Å²) in [7, 11) is 0. The van der Waals surface area contributed by atoms with Gasteiger partial charge in [0.2, 0.25) is 0 Å². The smallest absolute Gasteiger partial charge is 0.354 e. The maximum Gasteiger partial charge on any atom is 0.354 e. The first kappa shape index (κ1) is 15.1. The van der Waals surface area contributed by atoms with E-state index in [1.807, 2.05) is 47.0 Å². The lowest BCUT2D eigenvalue weighted by atomic mass is 10.1. The Bertz CT molecular complexity index is 1110. The van der Waals surface area contributed by atoms with E-state index in [1.54, 1.807) is 18.2 Å². The van der Waals surface area contributed by atoms with Crippen molar-refractivity contribution in [1.29, 1.82) is 0 Å². The van der Waals surface area contributed by atoms with Crippen molar-refractivity contribution in [2.75, 3.05) is 0 Å². The van der Waals surface area contributed by atoms with Gasteiger partial charge < -0.3 is 9.67 Å². The molecule has 5 nitrogen and oxygen atoms in total. The number of rotatable bonds is 4. The van der Waals surface area contributed by atoms with E-state index in [9.17, 15) is 14.7 Å². The van der Waals surface area contributed by atoms with Crippen molar-refractivity contribution in [3.05, 3.63) is 78.1 Å². The summed E-state index contributed by atoms with van der Waals surface area (Å²) in [5.74, 6) is -1.08. The fraction of sp³-hybridized carbons (Fsp3) is 0.0500. The minimum absolute atomic E-state index is 0.00874. The molecule has 0 unspecified atom stereocenters. The molecule has 0 spiro atoms. The molecule has 0 amide bonds. The third-order valence-corrected chi connectivity index (χ3v) is 4.28. The molecule has 4 rings (SSSR count). The van der Waals surface area contributed by atoms with E-state index in [0.29, 0.717) is 5.56 Å². The molecule has 0 saturated heterocycles. The van der Waals surface area contributed by atoms with Gasteiger partial charge in [0, 0.05) is 21.9 Å². The normalized spacial score (nSPS) is 11.0. The summed E-state index contributed by atoms with van der Waals surface area (Å²) in [5, 5.41) is 10.9. The Hall–Kier alpha value is -3.47. The van der Waals surface area contributed by atoms with Crippen molar-refractivity contribution in [3.63, 3.8) is 0 Å². The molecule has 5 heteroatoms. The number of pyridine rings is 1. The first-order valence-electron chi connectivity index (χ1n) is 7.83. The van der Waals surface area contributed by atoms with Crippen LogP contribution in [-0.4, -0.2) is 26.4 Å². The van der Waals surface area contributed by atoms with E-state index < -0.39 is 5.97 Å². The number of nitrogens with zero attached hydrogens (tertiary/aromatic N) is 2. The molecule has 122 valence electrons. The molecule has 2 heterocycles. The van der Waals surface area contributed by atoms with Gasteiger partial charge in [-0.3, -0.25) is 4.79 Å². The summed E-state index contributed by atoms with van der Waals surface area (Å²) in [5.41, 5.74) is 2.26. The molecule has 0 bridgehead atoms. The molecule has 0 aliphatic heterocycles. The summed E-state index contributed by atoms with van der Waals surface area (Å²) in [6, 6.07) is 18.3. The number of hydrogen-bond acceptors (Lipinski definition) is 3. The maximum absolute atomic E-state index is 12.6. The summed E-state index contributed by atoms with van der Waals surface area (Å²) >= 11 is 0. The Labute approximate surface area is 143 Å². The fourth-order valence-electron chi connectivity index (χ4n) is 3.09. The van der Waals surface area contributed by atoms with E-state index in [2.05, 4.69) is 4.98 Å². The van der Waals surface area contributed by atoms with Crippen molar-refractivity contribution in [1.82, 2.24) is 9.55 Å². The lowest BCUT2D eigenvalue weighted by Crippen LogP contribution is -2.10. The van der Waals surface area contributed by atoms with Gasteiger partial charge in [-0.15, -0.1) is 0 Å². The van der Waals surface area contributed by atoms with E-state index in [1.165, 1.54) is 6.20 Å². The highest BCUT2D eigenvalue weighted by Gasteiger charge is 2.16. The van der Waals surface area contributed by atoms with Crippen LogP contribution in [0.1, 0.15) is 20.8 Å². The molecule has 0 aliphatic rings. The average molecular weight is 330 g/mol. The van der Waals surface area contributed by atoms with E-state index >= 15 is 0 Å². The summed E-state index contributed by atoms with van der Waals surface area (Å²) < 4.78 is 1.89. The standard InChI is InChI=1S/C20H14N2O3/c23-19(13-6-2-1-3-7-13)12-22-17-9-5-4-8-14(17)15-10-16(20(24)25)21-11-18(15)22/h1-11H,12H2,(H,24,25). The molecule has 0 radical (unpaired) electrons. The number of hydrogen-bond donors (Lipinski definition) is 1. The van der Waals surface area contributed by atoms with Crippen LogP contribution in [0.3, 0.4) is 0 Å². The molecular weight excluding hydrogens is 316 g/mol. The van der Waals surface area contributed by atoms with Crippen LogP contribution in [0.4, 0.5) is 0 Å². The molecule has 2 aromatic heterocycles. The minimum atomic E-state index is -1.07. The third kappa shape index (κ3) is 2.55. The zero-order chi connectivity index (χ0) is 17.4. The van der Waals surface area contributed by atoms with Gasteiger partial charge in [-0.25, -0.2) is 9.78 Å². The quantitative estimate of drug-likeness (QED) is 0.578. The minimum Gasteiger partial charge on any atom is -0.477 e.